The normalized spacial score (nSPS) is 21.7. The Hall–Kier alpha value is -2.90. The molecule has 1 N–H and O–H groups in total. The molecular weight excluding hydrogens is 396 g/mol. The van der Waals surface area contributed by atoms with E-state index in [1.807, 2.05) is 43.5 Å². The minimum atomic E-state index is -0.115. The molecule has 0 saturated carbocycles. The van der Waals surface area contributed by atoms with Crippen molar-refractivity contribution in [1.82, 2.24) is 10.3 Å². The Morgan fingerprint density at radius 2 is 1.77 bits per heavy atom. The summed E-state index contributed by atoms with van der Waals surface area (Å²) in [6.07, 6.45) is 1.81. The highest BCUT2D eigenvalue weighted by atomic mass is 32.1. The van der Waals surface area contributed by atoms with E-state index >= 15 is 0 Å². The number of nitrogens with one attached hydrogen (secondary N) is 1. The van der Waals surface area contributed by atoms with Gasteiger partial charge in [-0.05, 0) is 67.7 Å². The van der Waals surface area contributed by atoms with E-state index in [4.69, 9.17) is 21.4 Å². The van der Waals surface area contributed by atoms with Crippen LogP contribution in [0.5, 0.6) is 0 Å². The van der Waals surface area contributed by atoms with Gasteiger partial charge < -0.3 is 24.3 Å². The van der Waals surface area contributed by atoms with Crippen LogP contribution in [-0.2, 0) is 4.74 Å². The first-order chi connectivity index (χ1) is 14.7. The first kappa shape index (κ1) is 19.1. The van der Waals surface area contributed by atoms with Gasteiger partial charge in [-0.25, -0.2) is 0 Å². The summed E-state index contributed by atoms with van der Waals surface area (Å²) < 4.78 is 11.5. The molecule has 0 aliphatic carbocycles. The molecule has 30 heavy (non-hydrogen) atoms. The standard InChI is InChI=1S/C23H24N4O2S/c1-16-5-10-20(29-16)22-21(19-4-2-3-11-24-19)25-23(30)27(22)18-8-6-17(7-9-18)26-12-14-28-15-13-26/h2-11,21-22H,12-15H2,1H3,(H,25,30)/t21-,22+/m0/s1. The fraction of sp³-hybridized carbons (Fsp3) is 0.304. The van der Waals surface area contributed by atoms with Crippen LogP contribution in [0.1, 0.15) is 29.3 Å². The van der Waals surface area contributed by atoms with Crippen molar-refractivity contribution < 1.29 is 9.15 Å². The first-order valence-electron chi connectivity index (χ1n) is 10.2. The van der Waals surface area contributed by atoms with Gasteiger partial charge in [-0.2, -0.15) is 0 Å². The number of nitrogens with zero attached hydrogens (tertiary/aromatic N) is 3. The Balaban J connectivity index is 1.50. The minimum absolute atomic E-state index is 0.0943. The van der Waals surface area contributed by atoms with Gasteiger partial charge in [0.05, 0.1) is 24.9 Å². The Morgan fingerprint density at radius 3 is 2.43 bits per heavy atom. The average molecular weight is 421 g/mol. The lowest BCUT2D eigenvalue weighted by molar-refractivity contribution is 0.122. The van der Waals surface area contributed by atoms with Gasteiger partial charge in [0.2, 0.25) is 0 Å². The molecule has 5 rings (SSSR count). The number of rotatable bonds is 4. The van der Waals surface area contributed by atoms with Crippen LogP contribution in [0.25, 0.3) is 0 Å². The molecule has 2 saturated heterocycles. The zero-order valence-electron chi connectivity index (χ0n) is 16.8. The Labute approximate surface area is 181 Å². The van der Waals surface area contributed by atoms with Gasteiger partial charge in [0.25, 0.3) is 0 Å². The van der Waals surface area contributed by atoms with Crippen LogP contribution >= 0.6 is 12.2 Å². The topological polar surface area (TPSA) is 53.8 Å². The van der Waals surface area contributed by atoms with Crippen molar-refractivity contribution in [3.05, 3.63) is 78.0 Å². The zero-order chi connectivity index (χ0) is 20.5. The Morgan fingerprint density at radius 1 is 1.00 bits per heavy atom. The van der Waals surface area contributed by atoms with E-state index in [0.29, 0.717) is 5.11 Å². The number of pyridine rings is 1. The summed E-state index contributed by atoms with van der Waals surface area (Å²) in [5.74, 6) is 1.75. The fourth-order valence-corrected chi connectivity index (χ4v) is 4.53. The van der Waals surface area contributed by atoms with E-state index in [0.717, 1.165) is 49.2 Å². The number of benzene rings is 1. The van der Waals surface area contributed by atoms with Gasteiger partial charge in [0.1, 0.15) is 17.6 Å². The highest BCUT2D eigenvalue weighted by Crippen LogP contribution is 2.42. The maximum Gasteiger partial charge on any atom is 0.174 e. The number of thiocarbonyl (C=S) groups is 1. The Kier molecular flexibility index (Phi) is 5.14. The summed E-state index contributed by atoms with van der Waals surface area (Å²) in [5.41, 5.74) is 3.17. The molecule has 0 radical (unpaired) electrons. The lowest BCUT2D eigenvalue weighted by Gasteiger charge is -2.30. The Bertz CT molecular complexity index is 1020. The largest absolute Gasteiger partial charge is 0.464 e. The van der Waals surface area contributed by atoms with Gasteiger partial charge in [0.15, 0.2) is 5.11 Å². The third-order valence-electron chi connectivity index (χ3n) is 5.65. The first-order valence-corrected chi connectivity index (χ1v) is 10.6. The molecule has 0 unspecified atom stereocenters. The number of morpholine rings is 1. The van der Waals surface area contributed by atoms with Crippen molar-refractivity contribution in [3.63, 3.8) is 0 Å². The number of hydrogen-bond donors (Lipinski definition) is 1. The summed E-state index contributed by atoms with van der Waals surface area (Å²) in [7, 11) is 0. The second kappa shape index (κ2) is 8.08. The molecule has 1 aromatic carbocycles. The number of ether oxygens (including phenoxy) is 1. The number of furan rings is 1. The van der Waals surface area contributed by atoms with Gasteiger partial charge in [-0.3, -0.25) is 4.98 Å². The fourth-order valence-electron chi connectivity index (χ4n) is 4.18. The van der Waals surface area contributed by atoms with Crippen LogP contribution in [0.15, 0.2) is 65.2 Å². The van der Waals surface area contributed by atoms with Crippen molar-refractivity contribution in [3.8, 4) is 0 Å². The van der Waals surface area contributed by atoms with E-state index in [-0.39, 0.29) is 12.1 Å². The molecule has 0 spiro atoms. The van der Waals surface area contributed by atoms with E-state index in [1.54, 1.807) is 0 Å². The molecule has 4 heterocycles. The van der Waals surface area contributed by atoms with Gasteiger partial charge in [0, 0.05) is 30.7 Å². The molecule has 7 heteroatoms. The number of aryl methyl sites for hydroxylation is 1. The highest BCUT2D eigenvalue weighted by molar-refractivity contribution is 7.80. The van der Waals surface area contributed by atoms with Crippen molar-refractivity contribution in [2.24, 2.45) is 0 Å². The molecule has 2 aliphatic heterocycles. The van der Waals surface area contributed by atoms with E-state index in [1.165, 1.54) is 5.69 Å². The van der Waals surface area contributed by atoms with Gasteiger partial charge in [-0.1, -0.05) is 6.07 Å². The smallest absolute Gasteiger partial charge is 0.174 e. The van der Waals surface area contributed by atoms with E-state index < -0.39 is 0 Å². The molecule has 3 aromatic rings. The van der Waals surface area contributed by atoms with Crippen LogP contribution in [-0.4, -0.2) is 36.4 Å². The summed E-state index contributed by atoms with van der Waals surface area (Å²) in [4.78, 5) is 9.05. The number of aromatic nitrogens is 1. The van der Waals surface area contributed by atoms with Crippen LogP contribution in [0.2, 0.25) is 0 Å². The minimum Gasteiger partial charge on any atom is -0.464 e. The molecule has 0 amide bonds. The van der Waals surface area contributed by atoms with E-state index in [2.05, 4.69) is 44.4 Å². The monoisotopic (exact) mass is 420 g/mol. The third-order valence-corrected chi connectivity index (χ3v) is 5.97. The molecular formula is C23H24N4O2S. The average Bonchev–Trinajstić information content (AvgIpc) is 3.38. The number of anilines is 2. The molecule has 6 nitrogen and oxygen atoms in total. The van der Waals surface area contributed by atoms with Crippen molar-refractivity contribution in [2.75, 3.05) is 36.1 Å². The summed E-state index contributed by atoms with van der Waals surface area (Å²) in [5, 5.41) is 4.13. The van der Waals surface area contributed by atoms with Gasteiger partial charge >= 0.3 is 0 Å². The van der Waals surface area contributed by atoms with Crippen LogP contribution in [0.4, 0.5) is 11.4 Å². The number of hydrogen-bond acceptors (Lipinski definition) is 5. The van der Waals surface area contributed by atoms with Crippen LogP contribution < -0.4 is 15.1 Å². The molecule has 2 aliphatic rings. The SMILES string of the molecule is Cc1ccc([C@@H]2[C@H](c3ccccn3)NC(=S)N2c2ccc(N3CCOCC3)cc2)o1. The molecule has 2 fully saturated rings. The maximum atomic E-state index is 6.05. The van der Waals surface area contributed by atoms with Crippen molar-refractivity contribution in [1.29, 1.82) is 0 Å². The second-order valence-electron chi connectivity index (χ2n) is 7.56. The van der Waals surface area contributed by atoms with Gasteiger partial charge in [-0.15, -0.1) is 0 Å². The molecule has 2 atom stereocenters. The maximum absolute atomic E-state index is 6.05. The summed E-state index contributed by atoms with van der Waals surface area (Å²) in [6.45, 7) is 5.33. The van der Waals surface area contributed by atoms with Crippen molar-refractivity contribution in [2.45, 2.75) is 19.0 Å². The molecule has 154 valence electrons. The van der Waals surface area contributed by atoms with Crippen LogP contribution in [0, 0.1) is 6.92 Å². The predicted octanol–water partition coefficient (Wildman–Crippen LogP) is 4.00. The third kappa shape index (κ3) is 3.55. The second-order valence-corrected chi connectivity index (χ2v) is 7.95. The quantitative estimate of drug-likeness (QED) is 0.641. The van der Waals surface area contributed by atoms with E-state index in [9.17, 15) is 0 Å². The predicted molar refractivity (Wildman–Crippen MR) is 121 cm³/mol. The summed E-state index contributed by atoms with van der Waals surface area (Å²) in [6, 6.07) is 18.3. The molecule has 2 aromatic heterocycles. The zero-order valence-corrected chi connectivity index (χ0v) is 17.6. The molecule has 0 bridgehead atoms. The van der Waals surface area contributed by atoms with Crippen LogP contribution in [0.3, 0.4) is 0 Å². The lowest BCUT2D eigenvalue weighted by Crippen LogP contribution is -2.36. The lowest BCUT2D eigenvalue weighted by atomic mass is 10.0. The van der Waals surface area contributed by atoms with Crippen molar-refractivity contribution >= 4 is 28.7 Å². The summed E-state index contributed by atoms with van der Waals surface area (Å²) >= 11 is 5.76. The highest BCUT2D eigenvalue weighted by Gasteiger charge is 2.42.